The zero-order valence-corrected chi connectivity index (χ0v) is 18.7. The van der Waals surface area contributed by atoms with Crippen molar-refractivity contribution in [3.05, 3.63) is 53.6 Å². The summed E-state index contributed by atoms with van der Waals surface area (Å²) in [6.45, 7) is 4.92. The van der Waals surface area contributed by atoms with Crippen molar-refractivity contribution in [2.75, 3.05) is 19.5 Å². The van der Waals surface area contributed by atoms with Gasteiger partial charge in [0.15, 0.2) is 5.78 Å². The molecule has 0 amide bonds. The topological polar surface area (TPSA) is 93.1 Å². The molecule has 1 unspecified atom stereocenters. The number of methoxy groups -OCH3 is 1. The number of hydrogen-bond acceptors (Lipinski definition) is 7. The summed E-state index contributed by atoms with van der Waals surface area (Å²) in [5.74, 6) is 0.601. The third-order valence-corrected chi connectivity index (χ3v) is 5.18. The van der Waals surface area contributed by atoms with Crippen LogP contribution in [0.15, 0.2) is 47.4 Å². The number of hydrogen-bond donors (Lipinski definition) is 2. The molecule has 164 valence electrons. The third kappa shape index (κ3) is 8.88. The first-order chi connectivity index (χ1) is 14.3. The number of phenols is 1. The number of rotatable bonds is 9. The van der Waals surface area contributed by atoms with Crippen molar-refractivity contribution in [1.29, 1.82) is 0 Å². The Morgan fingerprint density at radius 2 is 1.73 bits per heavy atom. The van der Waals surface area contributed by atoms with Crippen molar-refractivity contribution in [1.82, 2.24) is 0 Å². The molecule has 0 heterocycles. The van der Waals surface area contributed by atoms with Gasteiger partial charge in [0.2, 0.25) is 0 Å². The second-order valence-corrected chi connectivity index (χ2v) is 7.62. The van der Waals surface area contributed by atoms with E-state index in [2.05, 4.69) is 4.74 Å². The predicted molar refractivity (Wildman–Crippen MR) is 118 cm³/mol. The maximum atomic E-state index is 11.6. The maximum Gasteiger partial charge on any atom is 0.302 e. The van der Waals surface area contributed by atoms with Gasteiger partial charge in [-0.2, -0.15) is 0 Å². The molecule has 0 aliphatic carbocycles. The summed E-state index contributed by atoms with van der Waals surface area (Å²) in [6, 6.07) is 13.1. The van der Waals surface area contributed by atoms with Crippen LogP contribution in [0.5, 0.6) is 11.5 Å². The number of aliphatic hydroxyl groups is 1. The van der Waals surface area contributed by atoms with Crippen LogP contribution >= 0.6 is 11.8 Å². The highest BCUT2D eigenvalue weighted by Crippen LogP contribution is 2.33. The van der Waals surface area contributed by atoms with Crippen LogP contribution in [0.2, 0.25) is 0 Å². The first kappa shape index (κ1) is 25.5. The standard InChI is InChI=1S/C20H24O4S.C3H6O2/c1-3-7-18-19(11-10-17(14(2)21)20(18)23)24-12-15(22)13-25-16-8-5-4-6-9-16;1-3(4)5-2/h4-6,8-11,15,22-23H,3,7,12-13H2,1-2H3;1-2H3. The van der Waals surface area contributed by atoms with Crippen LogP contribution in [-0.4, -0.2) is 47.5 Å². The number of carbonyl (C=O) groups excluding carboxylic acids is 2. The Labute approximate surface area is 182 Å². The molecule has 6 nitrogen and oxygen atoms in total. The highest BCUT2D eigenvalue weighted by atomic mass is 32.2. The van der Waals surface area contributed by atoms with Gasteiger partial charge in [-0.3, -0.25) is 9.59 Å². The molecule has 0 fully saturated rings. The zero-order chi connectivity index (χ0) is 22.5. The van der Waals surface area contributed by atoms with E-state index in [1.54, 1.807) is 23.9 Å². The van der Waals surface area contributed by atoms with Gasteiger partial charge in [0.25, 0.3) is 0 Å². The normalized spacial score (nSPS) is 11.1. The molecule has 2 rings (SSSR count). The van der Waals surface area contributed by atoms with E-state index in [0.717, 1.165) is 11.3 Å². The van der Waals surface area contributed by atoms with Crippen LogP contribution in [0, 0.1) is 0 Å². The van der Waals surface area contributed by atoms with E-state index in [1.165, 1.54) is 21.0 Å². The summed E-state index contributed by atoms with van der Waals surface area (Å²) >= 11 is 1.56. The number of carbonyl (C=O) groups is 2. The first-order valence-electron chi connectivity index (χ1n) is 9.69. The molecule has 0 spiro atoms. The van der Waals surface area contributed by atoms with Crippen molar-refractivity contribution in [3.8, 4) is 11.5 Å². The van der Waals surface area contributed by atoms with Gasteiger partial charge in [-0.15, -0.1) is 11.8 Å². The number of benzene rings is 2. The Balaban J connectivity index is 0.000000804. The smallest absolute Gasteiger partial charge is 0.302 e. The van der Waals surface area contributed by atoms with E-state index >= 15 is 0 Å². The lowest BCUT2D eigenvalue weighted by Crippen LogP contribution is -2.20. The molecular formula is C23H30O6S. The van der Waals surface area contributed by atoms with Gasteiger partial charge >= 0.3 is 5.97 Å². The van der Waals surface area contributed by atoms with Gasteiger partial charge in [0, 0.05) is 23.1 Å². The summed E-state index contributed by atoms with van der Waals surface area (Å²) in [6.07, 6.45) is 0.795. The van der Waals surface area contributed by atoms with Crippen LogP contribution in [0.4, 0.5) is 0 Å². The molecule has 2 aromatic rings. The summed E-state index contributed by atoms with van der Waals surface area (Å²) in [5.41, 5.74) is 0.925. The predicted octanol–water partition coefficient (Wildman–Crippen LogP) is 4.26. The lowest BCUT2D eigenvalue weighted by molar-refractivity contribution is -0.137. The SMILES string of the molecule is CCCc1c(OCC(O)CSc2ccccc2)ccc(C(C)=O)c1O.COC(C)=O. The minimum Gasteiger partial charge on any atom is -0.507 e. The second kappa shape index (κ2) is 13.7. The van der Waals surface area contributed by atoms with Crippen LogP contribution in [0.25, 0.3) is 0 Å². The number of esters is 1. The molecule has 0 bridgehead atoms. The van der Waals surface area contributed by atoms with Gasteiger partial charge in [-0.05, 0) is 37.6 Å². The van der Waals surface area contributed by atoms with Gasteiger partial charge in [-0.25, -0.2) is 0 Å². The average molecular weight is 435 g/mol. The molecule has 0 aliphatic heterocycles. The quantitative estimate of drug-likeness (QED) is 0.346. The van der Waals surface area contributed by atoms with Crippen molar-refractivity contribution < 1.29 is 29.3 Å². The van der Waals surface area contributed by atoms with Crippen molar-refractivity contribution in [3.63, 3.8) is 0 Å². The van der Waals surface area contributed by atoms with Crippen molar-refractivity contribution in [2.45, 2.75) is 44.6 Å². The van der Waals surface area contributed by atoms with E-state index in [0.29, 0.717) is 29.1 Å². The van der Waals surface area contributed by atoms with Gasteiger partial charge in [0.1, 0.15) is 18.1 Å². The maximum absolute atomic E-state index is 11.6. The molecular weight excluding hydrogens is 404 g/mol. The summed E-state index contributed by atoms with van der Waals surface area (Å²) in [4.78, 5) is 22.3. The molecule has 2 N–H and O–H groups in total. The van der Waals surface area contributed by atoms with E-state index in [-0.39, 0.29) is 24.1 Å². The largest absolute Gasteiger partial charge is 0.507 e. The number of Topliss-reactive ketones (excluding diaryl/α,β-unsaturated/α-hetero) is 1. The Morgan fingerprint density at radius 1 is 1.10 bits per heavy atom. The molecule has 30 heavy (non-hydrogen) atoms. The molecule has 1 atom stereocenters. The lowest BCUT2D eigenvalue weighted by Gasteiger charge is -2.17. The second-order valence-electron chi connectivity index (χ2n) is 6.53. The number of ketones is 1. The Morgan fingerprint density at radius 3 is 2.27 bits per heavy atom. The molecule has 0 saturated heterocycles. The summed E-state index contributed by atoms with van der Waals surface area (Å²) in [7, 11) is 1.35. The van der Waals surface area contributed by atoms with E-state index in [1.807, 2.05) is 37.3 Å². The van der Waals surface area contributed by atoms with Crippen LogP contribution in [0.1, 0.15) is 43.1 Å². The molecule has 7 heteroatoms. The van der Waals surface area contributed by atoms with Gasteiger partial charge in [0.05, 0.1) is 18.8 Å². The number of ether oxygens (including phenoxy) is 2. The number of thioether (sulfide) groups is 1. The molecule has 0 saturated carbocycles. The van der Waals surface area contributed by atoms with Gasteiger partial charge in [-0.1, -0.05) is 31.5 Å². The van der Waals surface area contributed by atoms with E-state index in [4.69, 9.17) is 4.74 Å². The van der Waals surface area contributed by atoms with Gasteiger partial charge < -0.3 is 19.7 Å². The fourth-order valence-electron chi connectivity index (χ4n) is 2.47. The number of phenolic OH excluding ortho intramolecular Hbond substituents is 1. The Bertz CT molecular complexity index is 807. The molecule has 0 aliphatic rings. The Hall–Kier alpha value is -2.51. The summed E-state index contributed by atoms with van der Waals surface area (Å²) in [5, 5.41) is 20.5. The number of aliphatic hydroxyl groups excluding tert-OH is 1. The fourth-order valence-corrected chi connectivity index (χ4v) is 3.30. The van der Waals surface area contributed by atoms with Crippen LogP contribution < -0.4 is 4.74 Å². The molecule has 2 aromatic carbocycles. The fraction of sp³-hybridized carbons (Fsp3) is 0.391. The minimum atomic E-state index is -0.630. The minimum absolute atomic E-state index is 0.0139. The average Bonchev–Trinajstić information content (AvgIpc) is 2.73. The monoisotopic (exact) mass is 434 g/mol. The summed E-state index contributed by atoms with van der Waals surface area (Å²) < 4.78 is 9.83. The highest BCUT2D eigenvalue weighted by molar-refractivity contribution is 7.99. The van der Waals surface area contributed by atoms with Crippen LogP contribution in [0.3, 0.4) is 0 Å². The van der Waals surface area contributed by atoms with E-state index < -0.39 is 6.10 Å². The number of aromatic hydroxyl groups is 1. The van der Waals surface area contributed by atoms with Crippen molar-refractivity contribution in [2.24, 2.45) is 0 Å². The third-order valence-electron chi connectivity index (χ3n) is 4.02. The molecule has 0 radical (unpaired) electrons. The molecule has 0 aromatic heterocycles. The Kier molecular flexibility index (Phi) is 11.6. The zero-order valence-electron chi connectivity index (χ0n) is 17.9. The van der Waals surface area contributed by atoms with Crippen molar-refractivity contribution >= 4 is 23.5 Å². The lowest BCUT2D eigenvalue weighted by atomic mass is 10.0. The van der Waals surface area contributed by atoms with Crippen LogP contribution in [-0.2, 0) is 16.0 Å². The first-order valence-corrected chi connectivity index (χ1v) is 10.7. The van der Waals surface area contributed by atoms with E-state index in [9.17, 15) is 19.8 Å². The highest BCUT2D eigenvalue weighted by Gasteiger charge is 2.17.